The van der Waals surface area contributed by atoms with Gasteiger partial charge in [-0.3, -0.25) is 0 Å². The molecule has 114 valence electrons. The first-order chi connectivity index (χ1) is 9.10. The SMILES string of the molecule is C1CCCCC1.CC1(C)CCCC1.CC1CCCC1. The Morgan fingerprint density at radius 1 is 0.579 bits per heavy atom. The summed E-state index contributed by atoms with van der Waals surface area (Å²) in [6.45, 7) is 7.06. The van der Waals surface area contributed by atoms with Crippen LogP contribution in [0, 0.1) is 11.3 Å². The summed E-state index contributed by atoms with van der Waals surface area (Å²) in [5.41, 5.74) is 0.694. The Morgan fingerprint density at radius 3 is 1.11 bits per heavy atom. The minimum Gasteiger partial charge on any atom is -0.0625 e. The zero-order chi connectivity index (χ0) is 14.0. The largest absolute Gasteiger partial charge is 0.0625 e. The first-order valence-corrected chi connectivity index (χ1v) is 9.10. The van der Waals surface area contributed by atoms with Crippen molar-refractivity contribution in [3.05, 3.63) is 0 Å². The van der Waals surface area contributed by atoms with Crippen molar-refractivity contribution in [3.8, 4) is 0 Å². The average Bonchev–Trinajstić information content (AvgIpc) is 3.04. The molecule has 0 N–H and O–H groups in total. The maximum absolute atomic E-state index is 2.36. The van der Waals surface area contributed by atoms with Crippen LogP contribution in [0.4, 0.5) is 0 Å². The number of hydrogen-bond acceptors (Lipinski definition) is 0. The molecule has 0 aliphatic heterocycles. The van der Waals surface area contributed by atoms with Crippen molar-refractivity contribution in [2.45, 2.75) is 111 Å². The predicted octanol–water partition coefficient (Wildman–Crippen LogP) is 7.12. The Balaban J connectivity index is 0.000000143. The van der Waals surface area contributed by atoms with Crippen LogP contribution in [0.5, 0.6) is 0 Å². The molecule has 0 saturated heterocycles. The quantitative estimate of drug-likeness (QED) is 0.437. The highest BCUT2D eigenvalue weighted by molar-refractivity contribution is 4.74. The zero-order valence-corrected chi connectivity index (χ0v) is 14.0. The van der Waals surface area contributed by atoms with E-state index in [0.29, 0.717) is 5.41 Å². The van der Waals surface area contributed by atoms with Crippen LogP contribution >= 0.6 is 0 Å². The van der Waals surface area contributed by atoms with Gasteiger partial charge >= 0.3 is 0 Å². The van der Waals surface area contributed by atoms with Crippen LogP contribution in [-0.2, 0) is 0 Å². The zero-order valence-electron chi connectivity index (χ0n) is 14.0. The molecule has 19 heavy (non-hydrogen) atoms. The lowest BCUT2D eigenvalue weighted by molar-refractivity contribution is 0.382. The van der Waals surface area contributed by atoms with Crippen molar-refractivity contribution in [2.24, 2.45) is 11.3 Å². The highest BCUT2D eigenvalue weighted by atomic mass is 14.3. The van der Waals surface area contributed by atoms with Crippen LogP contribution in [0.2, 0.25) is 0 Å². The molecule has 0 spiro atoms. The third-order valence-electron chi connectivity index (χ3n) is 5.10. The van der Waals surface area contributed by atoms with E-state index in [1.807, 2.05) is 0 Å². The van der Waals surface area contributed by atoms with E-state index < -0.39 is 0 Å². The van der Waals surface area contributed by atoms with E-state index in [2.05, 4.69) is 20.8 Å². The van der Waals surface area contributed by atoms with E-state index in [4.69, 9.17) is 0 Å². The second-order valence-electron chi connectivity index (χ2n) is 7.88. The van der Waals surface area contributed by atoms with E-state index in [-0.39, 0.29) is 0 Å². The second kappa shape index (κ2) is 9.83. The fourth-order valence-corrected chi connectivity index (χ4v) is 3.52. The molecule has 0 aromatic rings. The lowest BCUT2D eigenvalue weighted by atomic mass is 9.92. The minimum atomic E-state index is 0.694. The molecule has 0 heteroatoms. The summed E-state index contributed by atoms with van der Waals surface area (Å²) in [7, 11) is 0. The van der Waals surface area contributed by atoms with Gasteiger partial charge in [0.15, 0.2) is 0 Å². The van der Waals surface area contributed by atoms with Gasteiger partial charge in [-0.15, -0.1) is 0 Å². The van der Waals surface area contributed by atoms with Gasteiger partial charge in [0.05, 0.1) is 0 Å². The van der Waals surface area contributed by atoms with Crippen molar-refractivity contribution in [1.82, 2.24) is 0 Å². The Morgan fingerprint density at radius 2 is 0.947 bits per heavy atom. The molecule has 3 aliphatic carbocycles. The maximum Gasteiger partial charge on any atom is -0.0354 e. The van der Waals surface area contributed by atoms with Crippen molar-refractivity contribution >= 4 is 0 Å². The third-order valence-corrected chi connectivity index (χ3v) is 5.10. The molecule has 0 atom stereocenters. The van der Waals surface area contributed by atoms with Crippen LogP contribution < -0.4 is 0 Å². The van der Waals surface area contributed by atoms with Crippen LogP contribution in [0.1, 0.15) is 111 Å². The topological polar surface area (TPSA) is 0 Å². The molecule has 0 heterocycles. The lowest BCUT2D eigenvalue weighted by Crippen LogP contribution is -2.01. The second-order valence-corrected chi connectivity index (χ2v) is 7.88. The molecular weight excluding hydrogens is 228 g/mol. The Labute approximate surface area is 122 Å². The van der Waals surface area contributed by atoms with Gasteiger partial charge in [-0.1, -0.05) is 97.8 Å². The van der Waals surface area contributed by atoms with Crippen molar-refractivity contribution in [3.63, 3.8) is 0 Å². The van der Waals surface area contributed by atoms with E-state index >= 15 is 0 Å². The van der Waals surface area contributed by atoms with Crippen molar-refractivity contribution in [2.75, 3.05) is 0 Å². The van der Waals surface area contributed by atoms with Crippen LogP contribution in [0.15, 0.2) is 0 Å². The smallest absolute Gasteiger partial charge is 0.0354 e. The highest BCUT2D eigenvalue weighted by Crippen LogP contribution is 2.36. The van der Waals surface area contributed by atoms with Crippen LogP contribution in [0.3, 0.4) is 0 Å². The summed E-state index contributed by atoms with van der Waals surface area (Å²) >= 11 is 0. The van der Waals surface area contributed by atoms with Gasteiger partial charge in [0.25, 0.3) is 0 Å². The predicted molar refractivity (Wildman–Crippen MR) is 87.6 cm³/mol. The van der Waals surface area contributed by atoms with Gasteiger partial charge in [-0.2, -0.15) is 0 Å². The van der Waals surface area contributed by atoms with E-state index in [1.165, 1.54) is 89.9 Å². The lowest BCUT2D eigenvalue weighted by Gasteiger charge is -2.13. The molecular formula is C19H38. The molecule has 3 fully saturated rings. The van der Waals surface area contributed by atoms with E-state index in [1.54, 1.807) is 0 Å². The third kappa shape index (κ3) is 9.52. The monoisotopic (exact) mass is 266 g/mol. The first-order valence-electron chi connectivity index (χ1n) is 9.10. The fourth-order valence-electron chi connectivity index (χ4n) is 3.52. The standard InChI is InChI=1S/C7H14.2C6H12/c1-7(2)5-3-4-6-7;1-6-4-2-3-5-6;1-2-4-6-5-3-1/h3-6H2,1-2H3;6H,2-5H2,1H3;1-6H2. The average molecular weight is 267 g/mol. The van der Waals surface area contributed by atoms with Gasteiger partial charge in [-0.05, 0) is 24.2 Å². The summed E-state index contributed by atoms with van der Waals surface area (Å²) in [6.07, 6.45) is 20.8. The molecule has 0 unspecified atom stereocenters. The molecule has 0 aromatic heterocycles. The highest BCUT2D eigenvalue weighted by Gasteiger charge is 2.21. The van der Waals surface area contributed by atoms with Gasteiger partial charge in [0, 0.05) is 0 Å². The molecule has 0 bridgehead atoms. The molecule has 3 rings (SSSR count). The number of rotatable bonds is 0. The van der Waals surface area contributed by atoms with Crippen LogP contribution in [-0.4, -0.2) is 0 Å². The number of hydrogen-bond donors (Lipinski definition) is 0. The Kier molecular flexibility index (Phi) is 8.83. The Bertz CT molecular complexity index is 175. The molecule has 0 amide bonds. The fraction of sp³-hybridized carbons (Fsp3) is 1.00. The molecule has 3 saturated carbocycles. The molecule has 0 radical (unpaired) electrons. The van der Waals surface area contributed by atoms with Crippen LogP contribution in [0.25, 0.3) is 0 Å². The van der Waals surface area contributed by atoms with Gasteiger partial charge in [0.2, 0.25) is 0 Å². The van der Waals surface area contributed by atoms with Crippen molar-refractivity contribution < 1.29 is 0 Å². The summed E-state index contributed by atoms with van der Waals surface area (Å²) in [5, 5.41) is 0. The Hall–Kier alpha value is 0. The molecule has 0 nitrogen and oxygen atoms in total. The minimum absolute atomic E-state index is 0.694. The summed E-state index contributed by atoms with van der Waals surface area (Å²) < 4.78 is 0. The van der Waals surface area contributed by atoms with Gasteiger partial charge in [0.1, 0.15) is 0 Å². The molecule has 0 aromatic carbocycles. The summed E-state index contributed by atoms with van der Waals surface area (Å²) in [5.74, 6) is 1.05. The van der Waals surface area contributed by atoms with Gasteiger partial charge < -0.3 is 0 Å². The maximum atomic E-state index is 2.36. The summed E-state index contributed by atoms with van der Waals surface area (Å²) in [6, 6.07) is 0. The van der Waals surface area contributed by atoms with E-state index in [9.17, 15) is 0 Å². The van der Waals surface area contributed by atoms with Gasteiger partial charge in [-0.25, -0.2) is 0 Å². The normalized spacial score (nSPS) is 26.1. The molecule has 3 aliphatic rings. The van der Waals surface area contributed by atoms with E-state index in [0.717, 1.165) is 5.92 Å². The first kappa shape index (κ1) is 17.1. The van der Waals surface area contributed by atoms with Crippen molar-refractivity contribution in [1.29, 1.82) is 0 Å². The summed E-state index contributed by atoms with van der Waals surface area (Å²) in [4.78, 5) is 0.